The van der Waals surface area contributed by atoms with Gasteiger partial charge in [0.25, 0.3) is 0 Å². The van der Waals surface area contributed by atoms with E-state index in [1.807, 2.05) is 13.0 Å². The summed E-state index contributed by atoms with van der Waals surface area (Å²) in [6.45, 7) is 4.08. The molecule has 1 fully saturated rings. The van der Waals surface area contributed by atoms with E-state index >= 15 is 0 Å². The number of aryl methyl sites for hydroxylation is 1. The molecule has 1 heterocycles. The van der Waals surface area contributed by atoms with Gasteiger partial charge >= 0.3 is 0 Å². The van der Waals surface area contributed by atoms with Crippen LogP contribution >= 0.6 is 11.6 Å². The number of aromatic hydroxyl groups is 1. The standard InChI is InChI=1S/C12H16ClNO/c1-8-2-3-10(13)12(15)11(8)9-4-6-14-7-5-9/h2-3,9,14-15H,4-7H2,1H3. The summed E-state index contributed by atoms with van der Waals surface area (Å²) < 4.78 is 0. The minimum atomic E-state index is 0.281. The Morgan fingerprint density at radius 2 is 2.00 bits per heavy atom. The second-order valence-corrected chi connectivity index (χ2v) is 4.56. The first-order chi connectivity index (χ1) is 7.20. The van der Waals surface area contributed by atoms with Gasteiger partial charge in [-0.1, -0.05) is 17.7 Å². The number of hydrogen-bond acceptors (Lipinski definition) is 2. The molecule has 1 saturated heterocycles. The minimum absolute atomic E-state index is 0.281. The van der Waals surface area contributed by atoms with E-state index in [1.54, 1.807) is 6.07 Å². The Labute approximate surface area is 95.3 Å². The second-order valence-electron chi connectivity index (χ2n) is 4.15. The fraction of sp³-hybridized carbons (Fsp3) is 0.500. The lowest BCUT2D eigenvalue weighted by Gasteiger charge is -2.25. The Kier molecular flexibility index (Phi) is 3.17. The normalized spacial score (nSPS) is 18.0. The lowest BCUT2D eigenvalue weighted by molar-refractivity contribution is 0.423. The fourth-order valence-electron chi connectivity index (χ4n) is 2.31. The summed E-state index contributed by atoms with van der Waals surface area (Å²) in [5, 5.41) is 13.8. The van der Waals surface area contributed by atoms with E-state index in [0.717, 1.165) is 37.1 Å². The molecule has 1 aliphatic rings. The first kappa shape index (κ1) is 10.8. The van der Waals surface area contributed by atoms with Gasteiger partial charge in [0.05, 0.1) is 5.02 Å². The molecule has 1 aliphatic heterocycles. The van der Waals surface area contributed by atoms with Gasteiger partial charge in [-0.15, -0.1) is 0 Å². The Balaban J connectivity index is 2.36. The summed E-state index contributed by atoms with van der Waals surface area (Å²) in [5.74, 6) is 0.730. The molecule has 1 aromatic rings. The molecule has 2 N–H and O–H groups in total. The van der Waals surface area contributed by atoms with E-state index < -0.39 is 0 Å². The van der Waals surface area contributed by atoms with Crippen LogP contribution < -0.4 is 5.32 Å². The van der Waals surface area contributed by atoms with Gasteiger partial charge in [0.1, 0.15) is 5.75 Å². The van der Waals surface area contributed by atoms with E-state index in [0.29, 0.717) is 10.9 Å². The molecule has 0 atom stereocenters. The summed E-state index contributed by atoms with van der Waals surface area (Å²) in [5.41, 5.74) is 2.19. The number of nitrogens with one attached hydrogen (secondary N) is 1. The van der Waals surface area contributed by atoms with Crippen LogP contribution in [0.2, 0.25) is 5.02 Å². The van der Waals surface area contributed by atoms with E-state index in [9.17, 15) is 5.11 Å². The Morgan fingerprint density at radius 1 is 1.33 bits per heavy atom. The molecule has 82 valence electrons. The van der Waals surface area contributed by atoms with Crippen molar-refractivity contribution >= 4 is 11.6 Å². The van der Waals surface area contributed by atoms with E-state index in [-0.39, 0.29) is 5.75 Å². The predicted molar refractivity (Wildman–Crippen MR) is 62.7 cm³/mol. The Morgan fingerprint density at radius 3 is 2.67 bits per heavy atom. The molecular formula is C12H16ClNO. The number of phenols is 1. The molecule has 0 bridgehead atoms. The van der Waals surface area contributed by atoms with Crippen LogP contribution in [0.5, 0.6) is 5.75 Å². The molecule has 0 saturated carbocycles. The fourth-order valence-corrected chi connectivity index (χ4v) is 2.47. The van der Waals surface area contributed by atoms with Crippen LogP contribution in [0.3, 0.4) is 0 Å². The van der Waals surface area contributed by atoms with Gasteiger partial charge in [0, 0.05) is 5.56 Å². The molecular weight excluding hydrogens is 210 g/mol. The summed E-state index contributed by atoms with van der Waals surface area (Å²) in [7, 11) is 0. The van der Waals surface area contributed by atoms with Gasteiger partial charge in [0.15, 0.2) is 0 Å². The number of benzene rings is 1. The molecule has 2 nitrogen and oxygen atoms in total. The van der Waals surface area contributed by atoms with Crippen molar-refractivity contribution in [2.24, 2.45) is 0 Å². The largest absolute Gasteiger partial charge is 0.506 e. The molecule has 0 radical (unpaired) electrons. The van der Waals surface area contributed by atoms with Crippen molar-refractivity contribution in [3.05, 3.63) is 28.3 Å². The SMILES string of the molecule is Cc1ccc(Cl)c(O)c1C1CCNCC1. The van der Waals surface area contributed by atoms with Crippen molar-refractivity contribution in [3.63, 3.8) is 0 Å². The van der Waals surface area contributed by atoms with Crippen molar-refractivity contribution in [2.45, 2.75) is 25.7 Å². The lowest BCUT2D eigenvalue weighted by atomic mass is 9.87. The highest BCUT2D eigenvalue weighted by Crippen LogP contribution is 2.38. The van der Waals surface area contributed by atoms with Crippen molar-refractivity contribution in [2.75, 3.05) is 13.1 Å². The first-order valence-electron chi connectivity index (χ1n) is 5.39. The van der Waals surface area contributed by atoms with Gasteiger partial charge in [-0.25, -0.2) is 0 Å². The first-order valence-corrected chi connectivity index (χ1v) is 5.76. The maximum Gasteiger partial charge on any atom is 0.137 e. The molecule has 0 spiro atoms. The van der Waals surface area contributed by atoms with Crippen molar-refractivity contribution in [1.82, 2.24) is 5.32 Å². The van der Waals surface area contributed by atoms with E-state index in [4.69, 9.17) is 11.6 Å². The molecule has 15 heavy (non-hydrogen) atoms. The molecule has 0 aliphatic carbocycles. The van der Waals surface area contributed by atoms with E-state index in [1.165, 1.54) is 0 Å². The van der Waals surface area contributed by atoms with Crippen molar-refractivity contribution in [1.29, 1.82) is 0 Å². The zero-order chi connectivity index (χ0) is 10.8. The third-order valence-electron chi connectivity index (χ3n) is 3.13. The third kappa shape index (κ3) is 2.11. The zero-order valence-corrected chi connectivity index (χ0v) is 9.64. The van der Waals surface area contributed by atoms with Gasteiger partial charge in [-0.05, 0) is 50.4 Å². The smallest absolute Gasteiger partial charge is 0.137 e. The quantitative estimate of drug-likeness (QED) is 0.771. The van der Waals surface area contributed by atoms with Crippen LogP contribution in [0, 0.1) is 6.92 Å². The number of phenolic OH excluding ortho intramolecular Hbond substituents is 1. The molecule has 1 aromatic carbocycles. The summed E-state index contributed by atoms with van der Waals surface area (Å²) in [6.07, 6.45) is 2.16. The number of halogens is 1. The predicted octanol–water partition coefficient (Wildman–Crippen LogP) is 2.82. The van der Waals surface area contributed by atoms with Gasteiger partial charge < -0.3 is 10.4 Å². The molecule has 0 aromatic heterocycles. The number of piperidine rings is 1. The average Bonchev–Trinajstić information content (AvgIpc) is 2.26. The summed E-state index contributed by atoms with van der Waals surface area (Å²) >= 11 is 5.94. The van der Waals surface area contributed by atoms with Crippen LogP contribution in [0.15, 0.2) is 12.1 Å². The molecule has 0 amide bonds. The zero-order valence-electron chi connectivity index (χ0n) is 8.89. The summed E-state index contributed by atoms with van der Waals surface area (Å²) in [6, 6.07) is 3.75. The van der Waals surface area contributed by atoms with Gasteiger partial charge in [0.2, 0.25) is 0 Å². The van der Waals surface area contributed by atoms with Crippen LogP contribution in [0.1, 0.15) is 29.9 Å². The molecule has 2 rings (SSSR count). The van der Waals surface area contributed by atoms with E-state index in [2.05, 4.69) is 5.32 Å². The van der Waals surface area contributed by atoms with Crippen LogP contribution in [0.25, 0.3) is 0 Å². The minimum Gasteiger partial charge on any atom is -0.506 e. The molecule has 0 unspecified atom stereocenters. The highest BCUT2D eigenvalue weighted by atomic mass is 35.5. The Bertz CT molecular complexity index is 359. The highest BCUT2D eigenvalue weighted by molar-refractivity contribution is 6.32. The van der Waals surface area contributed by atoms with Crippen LogP contribution in [-0.4, -0.2) is 18.2 Å². The van der Waals surface area contributed by atoms with Crippen LogP contribution in [-0.2, 0) is 0 Å². The van der Waals surface area contributed by atoms with Gasteiger partial charge in [-0.2, -0.15) is 0 Å². The van der Waals surface area contributed by atoms with Crippen molar-refractivity contribution in [3.8, 4) is 5.75 Å². The lowest BCUT2D eigenvalue weighted by Crippen LogP contribution is -2.27. The maximum atomic E-state index is 9.98. The molecule has 3 heteroatoms. The third-order valence-corrected chi connectivity index (χ3v) is 3.44. The number of hydrogen-bond donors (Lipinski definition) is 2. The topological polar surface area (TPSA) is 32.3 Å². The highest BCUT2D eigenvalue weighted by Gasteiger charge is 2.21. The number of rotatable bonds is 1. The summed E-state index contributed by atoms with van der Waals surface area (Å²) in [4.78, 5) is 0. The Hall–Kier alpha value is -0.730. The van der Waals surface area contributed by atoms with Crippen LogP contribution in [0.4, 0.5) is 0 Å². The second kappa shape index (κ2) is 4.42. The van der Waals surface area contributed by atoms with Gasteiger partial charge in [-0.3, -0.25) is 0 Å². The van der Waals surface area contributed by atoms with Crippen molar-refractivity contribution < 1.29 is 5.11 Å². The maximum absolute atomic E-state index is 9.98. The average molecular weight is 226 g/mol. The monoisotopic (exact) mass is 225 g/mol.